The van der Waals surface area contributed by atoms with Crippen LogP contribution in [0.1, 0.15) is 19.8 Å². The van der Waals surface area contributed by atoms with E-state index in [2.05, 4.69) is 0 Å². The predicted octanol–water partition coefficient (Wildman–Crippen LogP) is 2.54. The van der Waals surface area contributed by atoms with Gasteiger partial charge in [0.05, 0.1) is 6.10 Å². The Kier molecular flexibility index (Phi) is 5.43. The molecule has 2 rings (SSSR count). The van der Waals surface area contributed by atoms with Crippen LogP contribution in [0.25, 0.3) is 0 Å². The van der Waals surface area contributed by atoms with Gasteiger partial charge in [-0.2, -0.15) is 0 Å². The van der Waals surface area contributed by atoms with Crippen LogP contribution in [0.2, 0.25) is 0 Å². The molecule has 2 unspecified atom stereocenters. The number of nitrogens with zero attached hydrogens (tertiary/aromatic N) is 1. The van der Waals surface area contributed by atoms with Gasteiger partial charge < -0.3 is 10.0 Å². The second kappa shape index (κ2) is 7.09. The highest BCUT2D eigenvalue weighted by Gasteiger charge is 2.28. The molecule has 3 nitrogen and oxygen atoms in total. The number of thioether (sulfide) groups is 1. The lowest BCUT2D eigenvalue weighted by atomic mass is 10.0. The zero-order valence-electron chi connectivity index (χ0n) is 11.6. The van der Waals surface area contributed by atoms with Crippen molar-refractivity contribution in [3.63, 3.8) is 0 Å². The second-order valence-corrected chi connectivity index (χ2v) is 6.29. The molecule has 20 heavy (non-hydrogen) atoms. The fourth-order valence-corrected chi connectivity index (χ4v) is 3.25. The summed E-state index contributed by atoms with van der Waals surface area (Å²) in [5, 5.41) is 9.52. The molecule has 1 N–H and O–H groups in total. The van der Waals surface area contributed by atoms with Gasteiger partial charge in [0, 0.05) is 36.1 Å². The van der Waals surface area contributed by atoms with Crippen molar-refractivity contribution in [2.24, 2.45) is 5.92 Å². The van der Waals surface area contributed by atoms with Gasteiger partial charge in [0.2, 0.25) is 5.91 Å². The maximum absolute atomic E-state index is 13.4. The minimum absolute atomic E-state index is 0.0944. The number of likely N-dealkylation sites (tertiary alicyclic amines) is 1. The normalized spacial score (nSPS) is 20.1. The van der Waals surface area contributed by atoms with E-state index in [-0.39, 0.29) is 23.7 Å². The molecule has 1 aromatic rings. The first-order chi connectivity index (χ1) is 9.58. The quantitative estimate of drug-likeness (QED) is 0.849. The third-order valence-corrected chi connectivity index (χ3v) is 4.72. The Morgan fingerprint density at radius 3 is 2.95 bits per heavy atom. The summed E-state index contributed by atoms with van der Waals surface area (Å²) in [5.41, 5.74) is 0. The minimum atomic E-state index is -0.361. The zero-order valence-corrected chi connectivity index (χ0v) is 12.4. The molecule has 5 heteroatoms. The molecular weight excluding hydrogens is 277 g/mol. The summed E-state index contributed by atoms with van der Waals surface area (Å²) >= 11 is 1.37. The van der Waals surface area contributed by atoms with Crippen LogP contribution < -0.4 is 0 Å². The number of amides is 1. The van der Waals surface area contributed by atoms with Crippen LogP contribution in [0.3, 0.4) is 0 Å². The van der Waals surface area contributed by atoms with Crippen molar-refractivity contribution in [1.82, 2.24) is 4.90 Å². The van der Waals surface area contributed by atoms with Crippen molar-refractivity contribution in [2.45, 2.75) is 30.8 Å². The van der Waals surface area contributed by atoms with Gasteiger partial charge in [0.25, 0.3) is 0 Å². The van der Waals surface area contributed by atoms with E-state index in [0.29, 0.717) is 23.6 Å². The number of hydrogen-bond donors (Lipinski definition) is 1. The van der Waals surface area contributed by atoms with Gasteiger partial charge in [-0.15, -0.1) is 11.8 Å². The Balaban J connectivity index is 1.75. The third kappa shape index (κ3) is 3.96. The van der Waals surface area contributed by atoms with Gasteiger partial charge >= 0.3 is 0 Å². The molecule has 0 aromatic heterocycles. The Bertz CT molecular complexity index is 467. The fourth-order valence-electron chi connectivity index (χ4n) is 2.38. The number of rotatable bonds is 5. The first kappa shape index (κ1) is 15.3. The maximum Gasteiger partial charge on any atom is 0.223 e. The fraction of sp³-hybridized carbons (Fsp3) is 0.533. The summed E-state index contributed by atoms with van der Waals surface area (Å²) in [5.74, 6) is 0.630. The lowest BCUT2D eigenvalue weighted by Crippen LogP contribution is -2.30. The number of halogens is 1. The van der Waals surface area contributed by atoms with Gasteiger partial charge in [-0.25, -0.2) is 4.39 Å². The Morgan fingerprint density at radius 2 is 2.30 bits per heavy atom. The van der Waals surface area contributed by atoms with Gasteiger partial charge in [0.1, 0.15) is 5.82 Å². The SMILES string of the molecule is CC(O)C1CCN(C(=O)CCSc2ccccc2F)C1. The first-order valence-corrected chi connectivity index (χ1v) is 7.89. The van der Waals surface area contributed by atoms with E-state index in [4.69, 9.17) is 0 Å². The molecule has 0 radical (unpaired) electrons. The standard InChI is InChI=1S/C15H20FNO2S/c1-11(18)12-6-8-17(10-12)15(19)7-9-20-14-5-3-2-4-13(14)16/h2-5,11-12,18H,6-10H2,1H3. The van der Waals surface area contributed by atoms with Crippen LogP contribution in [-0.2, 0) is 4.79 Å². The van der Waals surface area contributed by atoms with Crippen LogP contribution in [0.15, 0.2) is 29.2 Å². The van der Waals surface area contributed by atoms with Gasteiger partial charge in [-0.05, 0) is 25.5 Å². The van der Waals surface area contributed by atoms with Gasteiger partial charge in [-0.3, -0.25) is 4.79 Å². The average Bonchev–Trinajstić information content (AvgIpc) is 2.91. The number of hydrogen-bond acceptors (Lipinski definition) is 3. The van der Waals surface area contributed by atoms with E-state index in [1.54, 1.807) is 30.0 Å². The number of carbonyl (C=O) groups is 1. The van der Waals surface area contributed by atoms with Crippen LogP contribution in [-0.4, -0.2) is 40.9 Å². The van der Waals surface area contributed by atoms with Crippen molar-refractivity contribution in [3.05, 3.63) is 30.1 Å². The largest absolute Gasteiger partial charge is 0.393 e. The highest BCUT2D eigenvalue weighted by Crippen LogP contribution is 2.24. The molecular formula is C15H20FNO2S. The molecule has 1 amide bonds. The van der Waals surface area contributed by atoms with Crippen molar-refractivity contribution in [2.75, 3.05) is 18.8 Å². The molecule has 2 atom stereocenters. The smallest absolute Gasteiger partial charge is 0.223 e. The second-order valence-electron chi connectivity index (χ2n) is 5.16. The van der Waals surface area contributed by atoms with E-state index in [1.807, 2.05) is 0 Å². The third-order valence-electron chi connectivity index (χ3n) is 3.67. The van der Waals surface area contributed by atoms with Crippen LogP contribution in [0.5, 0.6) is 0 Å². The Morgan fingerprint density at radius 1 is 1.55 bits per heavy atom. The molecule has 0 spiro atoms. The molecule has 0 aliphatic carbocycles. The zero-order chi connectivity index (χ0) is 14.5. The number of aliphatic hydroxyl groups excluding tert-OH is 1. The van der Waals surface area contributed by atoms with Gasteiger partial charge in [0.15, 0.2) is 0 Å². The van der Waals surface area contributed by atoms with Gasteiger partial charge in [-0.1, -0.05) is 12.1 Å². The molecule has 1 heterocycles. The highest BCUT2D eigenvalue weighted by molar-refractivity contribution is 7.99. The van der Waals surface area contributed by atoms with E-state index in [0.717, 1.165) is 13.0 Å². The molecule has 1 aliphatic rings. The monoisotopic (exact) mass is 297 g/mol. The van der Waals surface area contributed by atoms with Crippen LogP contribution >= 0.6 is 11.8 Å². The lowest BCUT2D eigenvalue weighted by Gasteiger charge is -2.17. The Labute approximate surface area is 123 Å². The molecule has 0 saturated carbocycles. The van der Waals surface area contributed by atoms with Crippen molar-refractivity contribution < 1.29 is 14.3 Å². The van der Waals surface area contributed by atoms with E-state index in [1.165, 1.54) is 17.8 Å². The molecule has 110 valence electrons. The van der Waals surface area contributed by atoms with Crippen molar-refractivity contribution >= 4 is 17.7 Å². The Hall–Kier alpha value is -1.07. The van der Waals surface area contributed by atoms with Crippen LogP contribution in [0, 0.1) is 11.7 Å². The summed E-state index contributed by atoms with van der Waals surface area (Å²) in [7, 11) is 0. The van der Waals surface area contributed by atoms with E-state index < -0.39 is 0 Å². The summed E-state index contributed by atoms with van der Waals surface area (Å²) in [6.07, 6.45) is 0.913. The predicted molar refractivity (Wildman–Crippen MR) is 78.1 cm³/mol. The molecule has 1 aliphatic heterocycles. The topological polar surface area (TPSA) is 40.5 Å². The molecule has 1 fully saturated rings. The minimum Gasteiger partial charge on any atom is -0.393 e. The summed E-state index contributed by atoms with van der Waals surface area (Å²) < 4.78 is 13.4. The number of carbonyl (C=O) groups excluding carboxylic acids is 1. The molecule has 1 saturated heterocycles. The van der Waals surface area contributed by atoms with Crippen molar-refractivity contribution in [3.8, 4) is 0 Å². The number of benzene rings is 1. The first-order valence-electron chi connectivity index (χ1n) is 6.91. The van der Waals surface area contributed by atoms with E-state index in [9.17, 15) is 14.3 Å². The van der Waals surface area contributed by atoms with Crippen molar-refractivity contribution in [1.29, 1.82) is 0 Å². The van der Waals surface area contributed by atoms with E-state index >= 15 is 0 Å². The average molecular weight is 297 g/mol. The van der Waals surface area contributed by atoms with Crippen LogP contribution in [0.4, 0.5) is 4.39 Å². The number of aliphatic hydroxyl groups is 1. The molecule has 1 aromatic carbocycles. The summed E-state index contributed by atoms with van der Waals surface area (Å²) in [6.45, 7) is 3.13. The maximum atomic E-state index is 13.4. The lowest BCUT2D eigenvalue weighted by molar-refractivity contribution is -0.129. The molecule has 0 bridgehead atoms. The summed E-state index contributed by atoms with van der Waals surface area (Å²) in [4.78, 5) is 14.4. The highest BCUT2D eigenvalue weighted by atomic mass is 32.2. The summed E-state index contributed by atoms with van der Waals surface area (Å²) in [6, 6.07) is 6.60.